The molecule has 0 saturated heterocycles. The van der Waals surface area contributed by atoms with Gasteiger partial charge in [-0.15, -0.1) is 11.8 Å². The van der Waals surface area contributed by atoms with Crippen molar-refractivity contribution >= 4 is 50.1 Å². The third kappa shape index (κ3) is 6.11. The van der Waals surface area contributed by atoms with Gasteiger partial charge in [0.05, 0.1) is 28.9 Å². The standard InChI is InChI=1S/C29H35N5O4S2/c1-17(2)27(31-23-13-14-30-22-10-12-26(38-4)33-28(22)23)19-5-7-20(8-6-19)34-40(36,37)21-9-11-25-24(15-21)32-29(35)18(3)16-39-25/h9-15,18-20,34H,5-8,16H2,1-4H3,(H,30,31)(H,32,35)/t18-,19?,20?/m0/s1. The van der Waals surface area contributed by atoms with Crippen molar-refractivity contribution in [3.8, 4) is 5.88 Å². The zero-order valence-electron chi connectivity index (χ0n) is 23.2. The molecule has 212 valence electrons. The van der Waals surface area contributed by atoms with Gasteiger partial charge in [0.25, 0.3) is 0 Å². The zero-order valence-corrected chi connectivity index (χ0v) is 24.8. The lowest BCUT2D eigenvalue weighted by atomic mass is 9.83. The number of methoxy groups -OCH3 is 1. The number of rotatable bonds is 7. The molecule has 40 heavy (non-hydrogen) atoms. The minimum atomic E-state index is -3.74. The molecule has 3 N–H and O–H groups in total. The van der Waals surface area contributed by atoms with E-state index in [1.165, 1.54) is 5.57 Å². The van der Waals surface area contributed by atoms with Crippen molar-refractivity contribution in [2.45, 2.75) is 62.3 Å². The van der Waals surface area contributed by atoms with Crippen molar-refractivity contribution in [3.63, 3.8) is 0 Å². The highest BCUT2D eigenvalue weighted by atomic mass is 32.2. The summed E-state index contributed by atoms with van der Waals surface area (Å²) >= 11 is 1.56. The van der Waals surface area contributed by atoms with Crippen LogP contribution in [0.4, 0.5) is 11.4 Å². The summed E-state index contributed by atoms with van der Waals surface area (Å²) in [5, 5.41) is 6.49. The molecule has 1 atom stereocenters. The second-order valence-corrected chi connectivity index (χ2v) is 13.4. The van der Waals surface area contributed by atoms with Crippen molar-refractivity contribution in [1.82, 2.24) is 14.7 Å². The highest BCUT2D eigenvalue weighted by molar-refractivity contribution is 7.99. The zero-order chi connectivity index (χ0) is 28.4. The number of anilines is 2. The highest BCUT2D eigenvalue weighted by Gasteiger charge is 2.29. The van der Waals surface area contributed by atoms with E-state index in [4.69, 9.17) is 4.74 Å². The van der Waals surface area contributed by atoms with E-state index >= 15 is 0 Å². The maximum atomic E-state index is 13.3. The number of sulfonamides is 1. The van der Waals surface area contributed by atoms with Crippen molar-refractivity contribution in [3.05, 3.63) is 53.9 Å². The number of nitrogens with one attached hydrogen (secondary N) is 3. The molecule has 1 aromatic carbocycles. The number of aromatic nitrogens is 2. The molecule has 2 aromatic heterocycles. The van der Waals surface area contributed by atoms with E-state index in [0.717, 1.165) is 53.0 Å². The average Bonchev–Trinajstić information content (AvgIpc) is 3.08. The molecule has 1 aliphatic heterocycles. The first-order valence-corrected chi connectivity index (χ1v) is 16.0. The number of carbonyl (C=O) groups is 1. The number of benzene rings is 1. The number of nitrogens with zero attached hydrogens (tertiary/aromatic N) is 2. The fourth-order valence-corrected chi connectivity index (χ4v) is 7.58. The van der Waals surface area contributed by atoms with Gasteiger partial charge in [0.1, 0.15) is 5.52 Å². The fourth-order valence-electron chi connectivity index (χ4n) is 5.24. The van der Waals surface area contributed by atoms with Crippen molar-refractivity contribution in [1.29, 1.82) is 0 Å². The summed E-state index contributed by atoms with van der Waals surface area (Å²) in [6, 6.07) is 10.4. The smallest absolute Gasteiger partial charge is 0.240 e. The van der Waals surface area contributed by atoms with Gasteiger partial charge in [-0.1, -0.05) is 12.5 Å². The molecule has 0 spiro atoms. The molecule has 2 aliphatic rings. The maximum absolute atomic E-state index is 13.3. The number of carbonyl (C=O) groups excluding carboxylic acids is 1. The summed E-state index contributed by atoms with van der Waals surface area (Å²) in [6.07, 6.45) is 4.89. The summed E-state index contributed by atoms with van der Waals surface area (Å²) in [7, 11) is -2.14. The van der Waals surface area contributed by atoms with Gasteiger partial charge in [-0.2, -0.15) is 0 Å². The molecule has 1 aliphatic carbocycles. The lowest BCUT2D eigenvalue weighted by Crippen LogP contribution is -2.38. The maximum Gasteiger partial charge on any atom is 0.240 e. The Morgan fingerprint density at radius 1 is 1.10 bits per heavy atom. The number of pyridine rings is 2. The van der Waals surface area contributed by atoms with E-state index in [2.05, 4.69) is 39.2 Å². The number of hydrogen-bond donors (Lipinski definition) is 3. The first-order valence-electron chi connectivity index (χ1n) is 13.5. The predicted octanol–water partition coefficient (Wildman–Crippen LogP) is 5.56. The average molecular weight is 582 g/mol. The first kappa shape index (κ1) is 28.4. The molecule has 11 heteroatoms. The van der Waals surface area contributed by atoms with E-state index in [1.54, 1.807) is 49.3 Å². The minimum absolute atomic E-state index is 0.0922. The Morgan fingerprint density at radius 3 is 2.60 bits per heavy atom. The molecular formula is C29H35N5O4S2. The van der Waals surface area contributed by atoms with E-state index < -0.39 is 10.0 Å². The van der Waals surface area contributed by atoms with E-state index in [1.807, 2.05) is 19.1 Å². The third-order valence-corrected chi connectivity index (χ3v) is 10.3. The van der Waals surface area contributed by atoms with Crippen LogP contribution in [0.2, 0.25) is 0 Å². The van der Waals surface area contributed by atoms with Gasteiger partial charge in [0, 0.05) is 40.6 Å². The van der Waals surface area contributed by atoms with Gasteiger partial charge < -0.3 is 15.4 Å². The van der Waals surface area contributed by atoms with Crippen LogP contribution >= 0.6 is 11.8 Å². The second kappa shape index (κ2) is 11.8. The second-order valence-electron chi connectivity index (χ2n) is 10.6. The Bertz CT molecular complexity index is 1560. The van der Waals surface area contributed by atoms with E-state index in [0.29, 0.717) is 17.3 Å². The van der Waals surface area contributed by atoms with Crippen LogP contribution in [0.15, 0.2) is 63.7 Å². The monoisotopic (exact) mass is 581 g/mol. The van der Waals surface area contributed by atoms with Gasteiger partial charge in [-0.3, -0.25) is 9.78 Å². The SMILES string of the molecule is COc1ccc2nccc(NC(=C(C)C)C3CCC(NS(=O)(=O)c4ccc5c(c4)NC(=O)[C@@H](C)CS5)CC3)c2n1. The molecule has 3 aromatic rings. The number of thioether (sulfide) groups is 1. The van der Waals surface area contributed by atoms with Crippen molar-refractivity contribution < 1.29 is 17.9 Å². The molecule has 0 bridgehead atoms. The van der Waals surface area contributed by atoms with Crippen LogP contribution in [0.1, 0.15) is 46.5 Å². The number of hydrogen-bond acceptors (Lipinski definition) is 8. The Morgan fingerprint density at radius 2 is 1.88 bits per heavy atom. The topological polar surface area (TPSA) is 122 Å². The molecule has 1 saturated carbocycles. The molecule has 3 heterocycles. The van der Waals surface area contributed by atoms with E-state index in [9.17, 15) is 13.2 Å². The predicted molar refractivity (Wildman–Crippen MR) is 159 cm³/mol. The molecular weight excluding hydrogens is 546 g/mol. The van der Waals surface area contributed by atoms with Gasteiger partial charge in [-0.25, -0.2) is 18.1 Å². The molecule has 9 nitrogen and oxygen atoms in total. The molecule has 0 unspecified atom stereocenters. The van der Waals surface area contributed by atoms with Crippen molar-refractivity contribution in [2.75, 3.05) is 23.5 Å². The number of ether oxygens (including phenoxy) is 1. The number of fused-ring (bicyclic) bond motifs is 2. The van der Waals surface area contributed by atoms with Gasteiger partial charge in [0.2, 0.25) is 21.8 Å². The summed E-state index contributed by atoms with van der Waals surface area (Å²) < 4.78 is 34.8. The van der Waals surface area contributed by atoms with Gasteiger partial charge in [-0.05, 0) is 75.8 Å². The summed E-state index contributed by atoms with van der Waals surface area (Å²) in [5.41, 5.74) is 5.25. The minimum Gasteiger partial charge on any atom is -0.481 e. The van der Waals surface area contributed by atoms with Crippen LogP contribution in [0, 0.1) is 11.8 Å². The summed E-state index contributed by atoms with van der Waals surface area (Å²) in [6.45, 7) is 6.04. The van der Waals surface area contributed by atoms with Crippen LogP contribution in [0.3, 0.4) is 0 Å². The quantitative estimate of drug-likeness (QED) is 0.331. The van der Waals surface area contributed by atoms with Gasteiger partial charge in [0.15, 0.2) is 0 Å². The third-order valence-electron chi connectivity index (χ3n) is 7.49. The Labute approximate surface area is 239 Å². The molecule has 0 radical (unpaired) electrons. The Balaban J connectivity index is 1.26. The fraction of sp³-hybridized carbons (Fsp3) is 0.414. The first-order chi connectivity index (χ1) is 19.1. The normalized spacial score (nSPS) is 21.2. The molecule has 5 rings (SSSR count). The lowest BCUT2D eigenvalue weighted by Gasteiger charge is -2.32. The number of amides is 1. The highest BCUT2D eigenvalue weighted by Crippen LogP contribution is 2.36. The van der Waals surface area contributed by atoms with Gasteiger partial charge >= 0.3 is 0 Å². The van der Waals surface area contributed by atoms with Crippen molar-refractivity contribution in [2.24, 2.45) is 11.8 Å². The largest absolute Gasteiger partial charge is 0.481 e. The van der Waals surface area contributed by atoms with Crippen LogP contribution in [-0.4, -0.2) is 43.2 Å². The molecule has 1 fully saturated rings. The Hall–Kier alpha value is -3.15. The van der Waals surface area contributed by atoms with Crippen LogP contribution in [0.5, 0.6) is 5.88 Å². The summed E-state index contributed by atoms with van der Waals surface area (Å²) in [5.74, 6) is 1.23. The number of allylic oxidation sites excluding steroid dienone is 2. The van der Waals surface area contributed by atoms with E-state index in [-0.39, 0.29) is 28.7 Å². The van der Waals surface area contributed by atoms with Crippen LogP contribution < -0.4 is 20.1 Å². The molecule has 1 amide bonds. The van der Waals surface area contributed by atoms with Crippen LogP contribution in [-0.2, 0) is 14.8 Å². The van der Waals surface area contributed by atoms with Crippen LogP contribution in [0.25, 0.3) is 11.0 Å². The lowest BCUT2D eigenvalue weighted by molar-refractivity contribution is -0.118. The Kier molecular flexibility index (Phi) is 8.34. The summed E-state index contributed by atoms with van der Waals surface area (Å²) in [4.78, 5) is 22.4.